The van der Waals surface area contributed by atoms with Crippen LogP contribution in [0.15, 0.2) is 19.0 Å². The monoisotopic (exact) mass is 309 g/mol. The van der Waals surface area contributed by atoms with Gasteiger partial charge in [0.05, 0.1) is 6.33 Å². The molecule has 0 unspecified atom stereocenters. The predicted molar refractivity (Wildman–Crippen MR) is 80.4 cm³/mol. The Morgan fingerprint density at radius 2 is 2.24 bits per heavy atom. The molecule has 0 bridgehead atoms. The maximum Gasteiger partial charge on any atom is 0.414 e. The zero-order valence-corrected chi connectivity index (χ0v) is 12.8. The topological polar surface area (TPSA) is 81.9 Å². The van der Waals surface area contributed by atoms with Crippen molar-refractivity contribution in [3.63, 3.8) is 0 Å². The highest BCUT2D eigenvalue weighted by atomic mass is 35.5. The van der Waals surface area contributed by atoms with Gasteiger partial charge in [-0.2, -0.15) is 9.97 Å². The van der Waals surface area contributed by atoms with Crippen LogP contribution in [-0.2, 0) is 11.3 Å². The van der Waals surface area contributed by atoms with Gasteiger partial charge in [-0.05, 0) is 20.8 Å². The van der Waals surface area contributed by atoms with Gasteiger partial charge >= 0.3 is 6.09 Å². The molecule has 0 aliphatic rings. The number of imidazole rings is 1. The number of aromatic nitrogens is 4. The number of anilines is 1. The van der Waals surface area contributed by atoms with Crippen LogP contribution in [0.5, 0.6) is 0 Å². The van der Waals surface area contributed by atoms with Crippen molar-refractivity contribution < 1.29 is 9.53 Å². The molecular formula is C13H16ClN5O2. The molecule has 0 atom stereocenters. The Balaban J connectivity index is 2.30. The minimum atomic E-state index is -0.646. The Labute approximate surface area is 127 Å². The molecule has 0 aromatic carbocycles. The van der Waals surface area contributed by atoms with Crippen molar-refractivity contribution in [3.05, 3.63) is 24.1 Å². The van der Waals surface area contributed by atoms with Crippen LogP contribution in [0, 0.1) is 0 Å². The summed E-state index contributed by atoms with van der Waals surface area (Å²) in [6.07, 6.45) is 2.65. The molecule has 0 aliphatic carbocycles. The van der Waals surface area contributed by atoms with Gasteiger partial charge in [0.1, 0.15) is 11.1 Å². The van der Waals surface area contributed by atoms with Crippen LogP contribution < -0.4 is 5.32 Å². The molecule has 0 radical (unpaired) electrons. The SMILES string of the molecule is C=CCn1cnc2c(Cl)nc(NC(=O)OC(C)(C)C)nc21. The maximum absolute atomic E-state index is 11.7. The Bertz CT molecular complexity index is 690. The lowest BCUT2D eigenvalue weighted by Crippen LogP contribution is -2.27. The number of amides is 1. The van der Waals surface area contributed by atoms with Crippen molar-refractivity contribution in [2.24, 2.45) is 0 Å². The minimum Gasteiger partial charge on any atom is -0.444 e. The van der Waals surface area contributed by atoms with Crippen LogP contribution in [0.2, 0.25) is 5.15 Å². The van der Waals surface area contributed by atoms with E-state index in [2.05, 4.69) is 26.8 Å². The molecule has 0 saturated heterocycles. The molecule has 1 amide bonds. The summed E-state index contributed by atoms with van der Waals surface area (Å²) in [6.45, 7) is 9.48. The number of carbonyl (C=O) groups excluding carboxylic acids is 1. The minimum absolute atomic E-state index is 0.0626. The first-order chi connectivity index (χ1) is 9.80. The summed E-state index contributed by atoms with van der Waals surface area (Å²) in [6, 6.07) is 0. The highest BCUT2D eigenvalue weighted by Crippen LogP contribution is 2.21. The van der Waals surface area contributed by atoms with E-state index in [-0.39, 0.29) is 11.1 Å². The molecule has 1 N–H and O–H groups in total. The summed E-state index contributed by atoms with van der Waals surface area (Å²) < 4.78 is 6.89. The van der Waals surface area contributed by atoms with Crippen LogP contribution in [0.3, 0.4) is 0 Å². The maximum atomic E-state index is 11.7. The van der Waals surface area contributed by atoms with E-state index in [4.69, 9.17) is 16.3 Å². The van der Waals surface area contributed by atoms with Gasteiger partial charge < -0.3 is 9.30 Å². The van der Waals surface area contributed by atoms with Crippen LogP contribution in [-0.4, -0.2) is 31.2 Å². The summed E-state index contributed by atoms with van der Waals surface area (Å²) in [4.78, 5) is 24.1. The molecule has 2 aromatic rings. The van der Waals surface area contributed by atoms with Gasteiger partial charge in [0.15, 0.2) is 10.8 Å². The second-order valence-electron chi connectivity index (χ2n) is 5.32. The standard InChI is InChI=1S/C13H16ClN5O2/c1-5-6-19-7-15-8-9(14)16-11(17-10(8)19)18-12(20)21-13(2,3)4/h5,7H,1,6H2,2-4H3,(H,16,17,18,20). The molecular weight excluding hydrogens is 294 g/mol. The number of fused-ring (bicyclic) bond motifs is 1. The average Bonchev–Trinajstić information content (AvgIpc) is 2.71. The van der Waals surface area contributed by atoms with Crippen molar-refractivity contribution in [2.75, 3.05) is 5.32 Å². The van der Waals surface area contributed by atoms with Crippen LogP contribution >= 0.6 is 11.6 Å². The average molecular weight is 310 g/mol. The molecule has 2 heterocycles. The van der Waals surface area contributed by atoms with Gasteiger partial charge in [-0.25, -0.2) is 9.78 Å². The Morgan fingerprint density at radius 1 is 1.52 bits per heavy atom. The highest BCUT2D eigenvalue weighted by molar-refractivity contribution is 6.33. The first-order valence-corrected chi connectivity index (χ1v) is 6.67. The Hall–Kier alpha value is -2.15. The normalized spacial score (nSPS) is 11.4. The third-order valence-electron chi connectivity index (χ3n) is 2.36. The first-order valence-electron chi connectivity index (χ1n) is 6.29. The van der Waals surface area contributed by atoms with Crippen LogP contribution in [0.1, 0.15) is 20.8 Å². The second-order valence-corrected chi connectivity index (χ2v) is 5.68. The van der Waals surface area contributed by atoms with E-state index in [1.165, 1.54) is 0 Å². The van der Waals surface area contributed by atoms with Crippen molar-refractivity contribution in [1.29, 1.82) is 0 Å². The van der Waals surface area contributed by atoms with Gasteiger partial charge in [-0.3, -0.25) is 5.32 Å². The van der Waals surface area contributed by atoms with Gasteiger partial charge in [0.25, 0.3) is 0 Å². The van der Waals surface area contributed by atoms with Gasteiger partial charge in [0.2, 0.25) is 5.95 Å². The molecule has 0 spiro atoms. The number of ether oxygens (including phenoxy) is 1. The number of nitrogens with zero attached hydrogens (tertiary/aromatic N) is 4. The molecule has 0 aliphatic heterocycles. The Morgan fingerprint density at radius 3 is 2.86 bits per heavy atom. The van der Waals surface area contributed by atoms with Crippen molar-refractivity contribution in [1.82, 2.24) is 19.5 Å². The summed E-state index contributed by atoms with van der Waals surface area (Å²) in [5, 5.41) is 2.62. The van der Waals surface area contributed by atoms with E-state index in [0.717, 1.165) is 0 Å². The van der Waals surface area contributed by atoms with E-state index in [1.54, 1.807) is 37.7 Å². The van der Waals surface area contributed by atoms with E-state index < -0.39 is 11.7 Å². The van der Waals surface area contributed by atoms with Gasteiger partial charge in [0, 0.05) is 6.54 Å². The number of carbonyl (C=O) groups is 1. The molecule has 0 saturated carbocycles. The van der Waals surface area contributed by atoms with E-state index in [9.17, 15) is 4.79 Å². The van der Waals surface area contributed by atoms with Crippen LogP contribution in [0.4, 0.5) is 10.7 Å². The third-order valence-corrected chi connectivity index (χ3v) is 2.62. The van der Waals surface area contributed by atoms with Crippen LogP contribution in [0.25, 0.3) is 11.2 Å². The number of hydrogen-bond acceptors (Lipinski definition) is 5. The van der Waals surface area contributed by atoms with Crippen molar-refractivity contribution >= 4 is 34.8 Å². The number of allylic oxidation sites excluding steroid dienone is 1. The summed E-state index contributed by atoms with van der Waals surface area (Å²) >= 11 is 6.05. The van der Waals surface area contributed by atoms with Crippen molar-refractivity contribution in [3.8, 4) is 0 Å². The first kappa shape index (κ1) is 15.2. The number of rotatable bonds is 3. The molecule has 8 heteroatoms. The number of nitrogens with one attached hydrogen (secondary N) is 1. The number of halogens is 1. The lowest BCUT2D eigenvalue weighted by molar-refractivity contribution is 0.0634. The zero-order valence-electron chi connectivity index (χ0n) is 12.1. The molecule has 112 valence electrons. The third kappa shape index (κ3) is 3.69. The van der Waals surface area contributed by atoms with Crippen molar-refractivity contribution in [2.45, 2.75) is 32.9 Å². The number of hydrogen-bond donors (Lipinski definition) is 1. The molecule has 2 rings (SSSR count). The molecule has 0 fully saturated rings. The second kappa shape index (κ2) is 5.69. The summed E-state index contributed by atoms with van der Waals surface area (Å²) in [7, 11) is 0. The predicted octanol–water partition coefficient (Wildman–Crippen LogP) is 3.01. The van der Waals surface area contributed by atoms with E-state index in [0.29, 0.717) is 17.7 Å². The highest BCUT2D eigenvalue weighted by Gasteiger charge is 2.18. The lowest BCUT2D eigenvalue weighted by atomic mass is 10.2. The van der Waals surface area contributed by atoms with Gasteiger partial charge in [-0.15, -0.1) is 6.58 Å². The van der Waals surface area contributed by atoms with E-state index >= 15 is 0 Å². The molecule has 2 aromatic heterocycles. The zero-order chi connectivity index (χ0) is 15.6. The lowest BCUT2D eigenvalue weighted by Gasteiger charge is -2.19. The molecule has 7 nitrogen and oxygen atoms in total. The molecule has 21 heavy (non-hydrogen) atoms. The largest absolute Gasteiger partial charge is 0.444 e. The van der Waals surface area contributed by atoms with Gasteiger partial charge in [-0.1, -0.05) is 17.7 Å². The van der Waals surface area contributed by atoms with E-state index in [1.807, 2.05) is 0 Å². The fourth-order valence-corrected chi connectivity index (χ4v) is 1.85. The fraction of sp³-hybridized carbons (Fsp3) is 0.385. The smallest absolute Gasteiger partial charge is 0.414 e. The fourth-order valence-electron chi connectivity index (χ4n) is 1.63. The Kier molecular flexibility index (Phi) is 4.13. The summed E-state index contributed by atoms with van der Waals surface area (Å²) in [5.41, 5.74) is 0.372. The summed E-state index contributed by atoms with van der Waals surface area (Å²) in [5.74, 6) is 0.0626. The quantitative estimate of drug-likeness (QED) is 0.696.